The summed E-state index contributed by atoms with van der Waals surface area (Å²) >= 11 is 0. The highest BCUT2D eigenvalue weighted by Crippen LogP contribution is 2.37. The summed E-state index contributed by atoms with van der Waals surface area (Å²) in [6, 6.07) is 12.0. The molecule has 146 valence electrons. The van der Waals surface area contributed by atoms with Crippen molar-refractivity contribution in [2.45, 2.75) is 32.7 Å². The van der Waals surface area contributed by atoms with Gasteiger partial charge in [-0.3, -0.25) is 14.5 Å². The Morgan fingerprint density at radius 1 is 1.18 bits per heavy atom. The number of anilines is 1. The van der Waals surface area contributed by atoms with Gasteiger partial charge in [0.1, 0.15) is 0 Å². The molecule has 1 amide bonds. The van der Waals surface area contributed by atoms with Crippen LogP contribution in [-0.2, 0) is 4.79 Å². The van der Waals surface area contributed by atoms with E-state index in [4.69, 9.17) is 9.47 Å². The number of Topliss-reactive ketones (excluding diaryl/α,β-unsaturated/α-hetero) is 1. The third kappa shape index (κ3) is 3.73. The van der Waals surface area contributed by atoms with E-state index in [0.717, 1.165) is 19.4 Å². The molecule has 28 heavy (non-hydrogen) atoms. The van der Waals surface area contributed by atoms with Gasteiger partial charge in [0.2, 0.25) is 12.7 Å². The predicted octanol–water partition coefficient (Wildman–Crippen LogP) is 3.70. The molecule has 0 radical (unpaired) electrons. The maximum atomic E-state index is 12.8. The fourth-order valence-electron chi connectivity index (χ4n) is 3.98. The third-order valence-corrected chi connectivity index (χ3v) is 5.30. The molecule has 1 N–H and O–H groups in total. The number of carbonyl (C=O) groups excluding carboxylic acids is 2. The number of likely N-dealkylation sites (tertiary alicyclic amines) is 1. The largest absolute Gasteiger partial charge is 0.454 e. The van der Waals surface area contributed by atoms with Gasteiger partial charge < -0.3 is 14.8 Å². The lowest BCUT2D eigenvalue weighted by Gasteiger charge is -2.24. The first-order valence-electron chi connectivity index (χ1n) is 9.56. The van der Waals surface area contributed by atoms with E-state index in [2.05, 4.69) is 41.4 Å². The van der Waals surface area contributed by atoms with Crippen molar-refractivity contribution in [1.29, 1.82) is 0 Å². The van der Waals surface area contributed by atoms with E-state index in [9.17, 15) is 9.59 Å². The van der Waals surface area contributed by atoms with Crippen molar-refractivity contribution >= 4 is 17.4 Å². The summed E-state index contributed by atoms with van der Waals surface area (Å²) in [5.41, 5.74) is 3.36. The van der Waals surface area contributed by atoms with Crippen molar-refractivity contribution in [3.8, 4) is 11.5 Å². The second-order valence-corrected chi connectivity index (χ2v) is 7.40. The van der Waals surface area contributed by atoms with E-state index in [1.54, 1.807) is 12.1 Å². The van der Waals surface area contributed by atoms with Crippen molar-refractivity contribution < 1.29 is 19.1 Å². The number of ketones is 1. The van der Waals surface area contributed by atoms with E-state index >= 15 is 0 Å². The molecule has 0 bridgehead atoms. The lowest BCUT2D eigenvalue weighted by Crippen LogP contribution is -2.33. The van der Waals surface area contributed by atoms with Gasteiger partial charge in [-0.1, -0.05) is 29.8 Å². The quantitative estimate of drug-likeness (QED) is 0.801. The molecule has 6 heteroatoms. The first-order valence-corrected chi connectivity index (χ1v) is 9.56. The summed E-state index contributed by atoms with van der Waals surface area (Å²) in [5.74, 6) is 0.801. The molecule has 0 aliphatic carbocycles. The van der Waals surface area contributed by atoms with Crippen LogP contribution in [0.5, 0.6) is 11.5 Å². The molecule has 1 unspecified atom stereocenters. The highest BCUT2D eigenvalue weighted by atomic mass is 16.7. The number of nitrogens with one attached hydrogen (secondary N) is 1. The molecule has 0 spiro atoms. The molecular weight excluding hydrogens is 356 g/mol. The maximum Gasteiger partial charge on any atom is 0.238 e. The molecule has 2 aromatic carbocycles. The van der Waals surface area contributed by atoms with E-state index in [1.807, 2.05) is 0 Å². The molecule has 0 aromatic heterocycles. The van der Waals surface area contributed by atoms with Crippen LogP contribution >= 0.6 is 0 Å². The summed E-state index contributed by atoms with van der Waals surface area (Å²) in [5, 5.41) is 2.89. The SMILES string of the molecule is CC(=O)c1cc2c(cc1NC(=O)CN1CCCC1c1cccc(C)c1)OCO2. The number of fused-ring (bicyclic) bond motifs is 1. The van der Waals surface area contributed by atoms with Gasteiger partial charge in [0.15, 0.2) is 17.3 Å². The monoisotopic (exact) mass is 380 g/mol. The molecule has 2 heterocycles. The Hall–Kier alpha value is -2.86. The van der Waals surface area contributed by atoms with Crippen LogP contribution in [0, 0.1) is 6.92 Å². The smallest absolute Gasteiger partial charge is 0.238 e. The number of aryl methyl sites for hydroxylation is 1. The highest BCUT2D eigenvalue weighted by molar-refractivity contribution is 6.05. The first-order chi connectivity index (χ1) is 13.5. The third-order valence-electron chi connectivity index (χ3n) is 5.30. The Labute approximate surface area is 164 Å². The molecule has 6 nitrogen and oxygen atoms in total. The molecular formula is C22H24N2O4. The minimum atomic E-state index is -0.138. The number of ether oxygens (including phenoxy) is 2. The van der Waals surface area contributed by atoms with Gasteiger partial charge in [-0.2, -0.15) is 0 Å². The number of hydrogen-bond acceptors (Lipinski definition) is 5. The van der Waals surface area contributed by atoms with Crippen LogP contribution in [-0.4, -0.2) is 36.5 Å². The van der Waals surface area contributed by atoms with E-state index in [0.29, 0.717) is 22.7 Å². The van der Waals surface area contributed by atoms with Crippen LogP contribution < -0.4 is 14.8 Å². The zero-order valence-corrected chi connectivity index (χ0v) is 16.2. The van der Waals surface area contributed by atoms with Crippen molar-refractivity contribution in [2.75, 3.05) is 25.2 Å². The Kier molecular flexibility index (Phi) is 5.05. The second kappa shape index (κ2) is 7.64. The standard InChI is InChI=1S/C22H24N2O4/c1-14-5-3-6-16(9-14)19-7-4-8-24(19)12-22(26)23-18-11-21-20(27-13-28-21)10-17(18)15(2)25/h3,5-6,9-11,19H,4,7-8,12-13H2,1-2H3,(H,23,26). The number of benzene rings is 2. The lowest BCUT2D eigenvalue weighted by molar-refractivity contribution is -0.117. The van der Waals surface area contributed by atoms with Gasteiger partial charge in [-0.05, 0) is 44.9 Å². The molecule has 1 fully saturated rings. The number of rotatable bonds is 5. The number of nitrogens with zero attached hydrogens (tertiary/aromatic N) is 1. The van der Waals surface area contributed by atoms with Gasteiger partial charge >= 0.3 is 0 Å². The van der Waals surface area contributed by atoms with Gasteiger partial charge in [0, 0.05) is 17.7 Å². The minimum Gasteiger partial charge on any atom is -0.454 e. The zero-order chi connectivity index (χ0) is 19.7. The van der Waals surface area contributed by atoms with Crippen molar-refractivity contribution in [3.63, 3.8) is 0 Å². The van der Waals surface area contributed by atoms with Crippen LogP contribution in [0.25, 0.3) is 0 Å². The highest BCUT2D eigenvalue weighted by Gasteiger charge is 2.28. The topological polar surface area (TPSA) is 67.9 Å². The lowest BCUT2D eigenvalue weighted by atomic mass is 10.0. The summed E-state index contributed by atoms with van der Waals surface area (Å²) in [6.07, 6.45) is 2.11. The van der Waals surface area contributed by atoms with E-state index in [1.165, 1.54) is 18.1 Å². The number of hydrogen-bond donors (Lipinski definition) is 1. The zero-order valence-electron chi connectivity index (χ0n) is 16.2. The van der Waals surface area contributed by atoms with Gasteiger partial charge in [-0.15, -0.1) is 0 Å². The van der Waals surface area contributed by atoms with Gasteiger partial charge in [-0.25, -0.2) is 0 Å². The fourth-order valence-corrected chi connectivity index (χ4v) is 3.98. The van der Waals surface area contributed by atoms with E-state index < -0.39 is 0 Å². The molecule has 2 aliphatic heterocycles. The summed E-state index contributed by atoms with van der Waals surface area (Å²) < 4.78 is 10.7. The van der Waals surface area contributed by atoms with Crippen LogP contribution in [0.3, 0.4) is 0 Å². The summed E-state index contributed by atoms with van der Waals surface area (Å²) in [6.45, 7) is 4.84. The normalized spacial score (nSPS) is 18.3. The number of amides is 1. The Morgan fingerprint density at radius 2 is 1.96 bits per heavy atom. The molecule has 1 atom stereocenters. The first kappa shape index (κ1) is 18.5. The van der Waals surface area contributed by atoms with Crippen molar-refractivity contribution in [1.82, 2.24) is 4.90 Å². The molecule has 2 aromatic rings. The maximum absolute atomic E-state index is 12.8. The van der Waals surface area contributed by atoms with Gasteiger partial charge in [0.25, 0.3) is 0 Å². The summed E-state index contributed by atoms with van der Waals surface area (Å²) in [7, 11) is 0. The minimum absolute atomic E-state index is 0.121. The molecule has 2 aliphatic rings. The van der Waals surface area contributed by atoms with E-state index in [-0.39, 0.29) is 31.1 Å². The Balaban J connectivity index is 1.49. The molecule has 1 saturated heterocycles. The molecule has 4 rings (SSSR count). The fraction of sp³-hybridized carbons (Fsp3) is 0.364. The Bertz CT molecular complexity index is 925. The van der Waals surface area contributed by atoms with Crippen LogP contribution in [0.1, 0.15) is 47.3 Å². The van der Waals surface area contributed by atoms with Crippen LogP contribution in [0.15, 0.2) is 36.4 Å². The van der Waals surface area contributed by atoms with Crippen LogP contribution in [0.4, 0.5) is 5.69 Å². The van der Waals surface area contributed by atoms with Crippen molar-refractivity contribution in [3.05, 3.63) is 53.1 Å². The van der Waals surface area contributed by atoms with Crippen molar-refractivity contribution in [2.24, 2.45) is 0 Å². The average Bonchev–Trinajstić information content (AvgIpc) is 3.29. The van der Waals surface area contributed by atoms with Gasteiger partial charge in [0.05, 0.1) is 12.2 Å². The number of carbonyl (C=O) groups is 2. The molecule has 0 saturated carbocycles. The second-order valence-electron chi connectivity index (χ2n) is 7.40. The average molecular weight is 380 g/mol. The predicted molar refractivity (Wildman–Crippen MR) is 106 cm³/mol. The summed E-state index contributed by atoms with van der Waals surface area (Å²) in [4.78, 5) is 27.0. The van der Waals surface area contributed by atoms with Crippen LogP contribution in [0.2, 0.25) is 0 Å². The Morgan fingerprint density at radius 3 is 2.71 bits per heavy atom.